The van der Waals surface area contributed by atoms with Crippen LogP contribution in [0.4, 0.5) is 10.5 Å². The molecule has 0 spiro atoms. The van der Waals surface area contributed by atoms with Gasteiger partial charge in [0, 0.05) is 13.1 Å². The third kappa shape index (κ3) is 5.36. The highest BCUT2D eigenvalue weighted by molar-refractivity contribution is 6.33. The molecule has 1 fully saturated rings. The fraction of sp³-hybridized carbons (Fsp3) is 0.500. The van der Waals surface area contributed by atoms with Gasteiger partial charge < -0.3 is 20.3 Å². The highest BCUT2D eigenvalue weighted by Gasteiger charge is 2.30. The summed E-state index contributed by atoms with van der Waals surface area (Å²) in [5.74, 6) is -0.544. The van der Waals surface area contributed by atoms with Crippen molar-refractivity contribution in [3.05, 3.63) is 29.3 Å². The Morgan fingerprint density at radius 3 is 2.54 bits per heavy atom. The van der Waals surface area contributed by atoms with Gasteiger partial charge in [0.25, 0.3) is 0 Å². The van der Waals surface area contributed by atoms with Crippen molar-refractivity contribution < 1.29 is 19.1 Å². The topological polar surface area (TPSA) is 87.7 Å². The number of nitrogens with one attached hydrogen (secondary N) is 2. The molecule has 1 aromatic rings. The Labute approximate surface area is 158 Å². The Bertz CT molecular complexity index is 660. The summed E-state index contributed by atoms with van der Waals surface area (Å²) in [5, 5.41) is 5.66. The Kier molecular flexibility index (Phi) is 7.26. The SMILES string of the molecule is CCOC(=O)C1CCN(C(=O)[C@H](C)NC(=O)Nc2ccccc2Cl)CC1. The van der Waals surface area contributed by atoms with Crippen LogP contribution in [0.5, 0.6) is 0 Å². The van der Waals surface area contributed by atoms with Crippen LogP contribution in [0.25, 0.3) is 0 Å². The summed E-state index contributed by atoms with van der Waals surface area (Å²) in [6.45, 7) is 4.71. The highest BCUT2D eigenvalue weighted by atomic mass is 35.5. The van der Waals surface area contributed by atoms with Crippen LogP contribution in [0.2, 0.25) is 5.02 Å². The molecule has 1 atom stereocenters. The molecule has 2 rings (SSSR count). The molecule has 0 unspecified atom stereocenters. The zero-order valence-corrected chi connectivity index (χ0v) is 15.7. The minimum absolute atomic E-state index is 0.161. The zero-order valence-electron chi connectivity index (χ0n) is 15.0. The van der Waals surface area contributed by atoms with Crippen LogP contribution in [0, 0.1) is 5.92 Å². The van der Waals surface area contributed by atoms with Crippen LogP contribution in [0.3, 0.4) is 0 Å². The molecule has 0 radical (unpaired) electrons. The molecular weight excluding hydrogens is 358 g/mol. The van der Waals surface area contributed by atoms with E-state index >= 15 is 0 Å². The number of para-hydroxylation sites is 1. The van der Waals surface area contributed by atoms with Crippen LogP contribution in [-0.4, -0.2) is 48.5 Å². The van der Waals surface area contributed by atoms with Gasteiger partial charge in [-0.1, -0.05) is 23.7 Å². The van der Waals surface area contributed by atoms with Gasteiger partial charge in [0.05, 0.1) is 23.2 Å². The van der Waals surface area contributed by atoms with E-state index in [4.69, 9.17) is 16.3 Å². The summed E-state index contributed by atoms with van der Waals surface area (Å²) in [6.07, 6.45) is 1.15. The number of hydrogen-bond donors (Lipinski definition) is 2. The first-order chi connectivity index (χ1) is 12.4. The fourth-order valence-electron chi connectivity index (χ4n) is 2.85. The number of nitrogens with zero attached hydrogens (tertiary/aromatic N) is 1. The van der Waals surface area contributed by atoms with Gasteiger partial charge in [-0.2, -0.15) is 0 Å². The van der Waals surface area contributed by atoms with E-state index in [1.165, 1.54) is 0 Å². The van der Waals surface area contributed by atoms with Crippen molar-refractivity contribution in [2.75, 3.05) is 25.0 Å². The fourth-order valence-corrected chi connectivity index (χ4v) is 3.03. The number of hydrogen-bond acceptors (Lipinski definition) is 4. The average Bonchev–Trinajstić information content (AvgIpc) is 2.63. The largest absolute Gasteiger partial charge is 0.466 e. The van der Waals surface area contributed by atoms with E-state index in [0.717, 1.165) is 0 Å². The Morgan fingerprint density at radius 2 is 1.92 bits per heavy atom. The summed E-state index contributed by atoms with van der Waals surface area (Å²) in [5.41, 5.74) is 0.474. The van der Waals surface area contributed by atoms with Crippen molar-refractivity contribution in [1.29, 1.82) is 0 Å². The van der Waals surface area contributed by atoms with Gasteiger partial charge >= 0.3 is 12.0 Å². The monoisotopic (exact) mass is 381 g/mol. The normalized spacial score (nSPS) is 15.9. The van der Waals surface area contributed by atoms with E-state index in [1.54, 1.807) is 43.0 Å². The molecule has 0 aliphatic carbocycles. The van der Waals surface area contributed by atoms with Crippen LogP contribution in [-0.2, 0) is 14.3 Å². The number of carbonyl (C=O) groups excluding carboxylic acids is 3. The van der Waals surface area contributed by atoms with Crippen molar-refractivity contribution in [1.82, 2.24) is 10.2 Å². The maximum absolute atomic E-state index is 12.5. The molecule has 7 nitrogen and oxygen atoms in total. The van der Waals surface area contributed by atoms with Gasteiger partial charge in [0.1, 0.15) is 6.04 Å². The number of halogens is 1. The second-order valence-electron chi connectivity index (χ2n) is 6.15. The highest BCUT2D eigenvalue weighted by Crippen LogP contribution is 2.21. The van der Waals surface area contributed by atoms with Crippen LogP contribution in [0.15, 0.2) is 24.3 Å². The lowest BCUT2D eigenvalue weighted by molar-refractivity contribution is -0.151. The number of urea groups is 1. The number of amides is 3. The molecule has 1 aliphatic rings. The Hall–Kier alpha value is -2.28. The van der Waals surface area contributed by atoms with Crippen LogP contribution in [0.1, 0.15) is 26.7 Å². The second kappa shape index (κ2) is 9.43. The number of piperidine rings is 1. The number of anilines is 1. The number of carbonyl (C=O) groups is 3. The summed E-state index contributed by atoms with van der Waals surface area (Å²) in [6, 6.07) is 5.67. The minimum atomic E-state index is -0.684. The molecule has 1 saturated heterocycles. The number of likely N-dealkylation sites (tertiary alicyclic amines) is 1. The van der Waals surface area contributed by atoms with E-state index in [0.29, 0.717) is 43.2 Å². The molecule has 26 heavy (non-hydrogen) atoms. The van der Waals surface area contributed by atoms with Crippen LogP contribution >= 0.6 is 11.6 Å². The summed E-state index contributed by atoms with van der Waals surface area (Å²) in [4.78, 5) is 38.0. The molecule has 1 aromatic carbocycles. The first kappa shape index (κ1) is 20.0. The van der Waals surface area contributed by atoms with E-state index in [9.17, 15) is 14.4 Å². The third-order valence-electron chi connectivity index (χ3n) is 4.27. The number of ether oxygens (including phenoxy) is 1. The van der Waals surface area contributed by atoms with Crippen LogP contribution < -0.4 is 10.6 Å². The summed E-state index contributed by atoms with van der Waals surface area (Å²) in [7, 11) is 0. The lowest BCUT2D eigenvalue weighted by Gasteiger charge is -2.32. The molecular formula is C18H24ClN3O4. The lowest BCUT2D eigenvalue weighted by Crippen LogP contribution is -2.50. The third-order valence-corrected chi connectivity index (χ3v) is 4.60. The van der Waals surface area contributed by atoms with Gasteiger partial charge in [0.15, 0.2) is 0 Å². The molecule has 0 saturated carbocycles. The van der Waals surface area contributed by atoms with Crippen molar-refractivity contribution in [3.63, 3.8) is 0 Å². The van der Waals surface area contributed by atoms with Gasteiger partial charge in [-0.3, -0.25) is 9.59 Å². The quantitative estimate of drug-likeness (QED) is 0.767. The minimum Gasteiger partial charge on any atom is -0.466 e. The van der Waals surface area contributed by atoms with E-state index in [-0.39, 0.29) is 17.8 Å². The van der Waals surface area contributed by atoms with Crippen molar-refractivity contribution in [2.24, 2.45) is 5.92 Å². The summed E-state index contributed by atoms with van der Waals surface area (Å²) < 4.78 is 5.02. The van der Waals surface area contributed by atoms with E-state index in [1.807, 2.05) is 0 Å². The van der Waals surface area contributed by atoms with Crippen molar-refractivity contribution in [3.8, 4) is 0 Å². The lowest BCUT2D eigenvalue weighted by atomic mass is 9.96. The van der Waals surface area contributed by atoms with Gasteiger partial charge in [-0.05, 0) is 38.8 Å². The average molecular weight is 382 g/mol. The number of esters is 1. The molecule has 2 N–H and O–H groups in total. The number of benzene rings is 1. The maximum atomic E-state index is 12.5. The Morgan fingerprint density at radius 1 is 1.27 bits per heavy atom. The van der Waals surface area contributed by atoms with Gasteiger partial charge in [-0.25, -0.2) is 4.79 Å². The van der Waals surface area contributed by atoms with E-state index < -0.39 is 12.1 Å². The molecule has 0 bridgehead atoms. The Balaban J connectivity index is 1.81. The first-order valence-corrected chi connectivity index (χ1v) is 9.07. The van der Waals surface area contributed by atoms with Gasteiger partial charge in [-0.15, -0.1) is 0 Å². The maximum Gasteiger partial charge on any atom is 0.319 e. The van der Waals surface area contributed by atoms with Crippen molar-refractivity contribution in [2.45, 2.75) is 32.7 Å². The standard InChI is InChI=1S/C18H24ClN3O4/c1-3-26-17(24)13-8-10-22(11-9-13)16(23)12(2)20-18(25)21-15-7-5-4-6-14(15)19/h4-7,12-13H,3,8-11H2,1-2H3,(H2,20,21,25)/t12-/m0/s1. The number of rotatable bonds is 5. The van der Waals surface area contributed by atoms with Crippen molar-refractivity contribution >= 4 is 35.2 Å². The first-order valence-electron chi connectivity index (χ1n) is 8.69. The smallest absolute Gasteiger partial charge is 0.319 e. The molecule has 142 valence electrons. The second-order valence-corrected chi connectivity index (χ2v) is 6.56. The predicted molar refractivity (Wildman–Crippen MR) is 99.0 cm³/mol. The zero-order chi connectivity index (χ0) is 19.1. The molecule has 1 heterocycles. The summed E-state index contributed by atoms with van der Waals surface area (Å²) >= 11 is 6.00. The molecule has 1 aliphatic heterocycles. The molecule has 3 amide bonds. The molecule has 0 aromatic heterocycles. The predicted octanol–water partition coefficient (Wildman–Crippen LogP) is 2.65. The van der Waals surface area contributed by atoms with Gasteiger partial charge in [0.2, 0.25) is 5.91 Å². The van der Waals surface area contributed by atoms with E-state index in [2.05, 4.69) is 10.6 Å². The molecule has 8 heteroatoms.